The van der Waals surface area contributed by atoms with Crippen molar-refractivity contribution in [1.29, 1.82) is 5.39 Å². The number of fused-ring (bicyclic) bond motifs is 1. The summed E-state index contributed by atoms with van der Waals surface area (Å²) in [6.45, 7) is 4.13. The lowest BCUT2D eigenvalue weighted by Gasteiger charge is -2.33. The maximum absolute atomic E-state index is 10.1. The van der Waals surface area contributed by atoms with Crippen LogP contribution in [0.5, 0.6) is 11.5 Å². The van der Waals surface area contributed by atoms with Crippen LogP contribution in [0.4, 0.5) is 0 Å². The lowest BCUT2D eigenvalue weighted by Crippen LogP contribution is -2.28. The van der Waals surface area contributed by atoms with E-state index < -0.39 is 0 Å². The minimum atomic E-state index is -0.164. The topological polar surface area (TPSA) is 70.0 Å². The van der Waals surface area contributed by atoms with Gasteiger partial charge in [-0.1, -0.05) is 13.8 Å². The molecule has 2 rings (SSSR count). The van der Waals surface area contributed by atoms with Crippen LogP contribution in [0.25, 0.3) is 5.08 Å². The number of benzene rings is 1. The van der Waals surface area contributed by atoms with Gasteiger partial charge < -0.3 is 9.84 Å². The highest BCUT2D eigenvalue weighted by atomic mass is 16.5. The van der Waals surface area contributed by atoms with E-state index in [4.69, 9.17) is 10.1 Å². The Morgan fingerprint density at radius 2 is 2.17 bits per heavy atom. The summed E-state index contributed by atoms with van der Waals surface area (Å²) < 4.78 is 5.32. The normalized spacial score (nSPS) is 19.1. The number of phenols is 1. The largest absolute Gasteiger partial charge is 0.508 e. The molecule has 0 heterocycles. The first-order chi connectivity index (χ1) is 8.51. The van der Waals surface area contributed by atoms with Crippen LogP contribution in [0.1, 0.15) is 37.8 Å². The fourth-order valence-corrected chi connectivity index (χ4v) is 2.55. The number of aromatic hydroxyl groups is 1. The third-order valence-corrected chi connectivity index (χ3v) is 3.48. The molecule has 1 aromatic rings. The smallest absolute Gasteiger partial charge is 0.339 e. The van der Waals surface area contributed by atoms with Crippen molar-refractivity contribution in [2.45, 2.75) is 32.1 Å². The summed E-state index contributed by atoms with van der Waals surface area (Å²) in [5.74, 6) is 0.860. The van der Waals surface area contributed by atoms with Crippen LogP contribution in [-0.4, -0.2) is 17.9 Å². The molecule has 1 aliphatic rings. The van der Waals surface area contributed by atoms with E-state index in [1.165, 1.54) is 0 Å². The maximum atomic E-state index is 10.1. The number of hydrogen-bond acceptors (Lipinski definition) is 4. The van der Waals surface area contributed by atoms with E-state index in [9.17, 15) is 5.11 Å². The molecular formula is C13H16N3O2+. The van der Waals surface area contributed by atoms with E-state index in [-0.39, 0.29) is 11.2 Å². The third kappa shape index (κ3) is 1.80. The molecule has 0 amide bonds. The molecule has 94 valence electrons. The van der Waals surface area contributed by atoms with Gasteiger partial charge in [0.1, 0.15) is 17.2 Å². The minimum Gasteiger partial charge on any atom is -0.508 e. The van der Waals surface area contributed by atoms with E-state index in [0.29, 0.717) is 17.9 Å². The Labute approximate surface area is 106 Å². The van der Waals surface area contributed by atoms with Gasteiger partial charge in [-0.25, -0.2) is 0 Å². The zero-order valence-corrected chi connectivity index (χ0v) is 10.8. The van der Waals surface area contributed by atoms with Gasteiger partial charge in [-0.05, 0) is 30.4 Å². The van der Waals surface area contributed by atoms with Crippen molar-refractivity contribution in [1.82, 2.24) is 0 Å². The number of diazo groups is 1. The Balaban J connectivity index is 2.78. The SMILES string of the molecule is COc1ccc(O)c2c1/C(=N/[N+]#N)CCC2(C)C. The fourth-order valence-electron chi connectivity index (χ4n) is 2.55. The molecule has 0 spiro atoms. The van der Waals surface area contributed by atoms with Gasteiger partial charge in [0.15, 0.2) is 5.10 Å². The highest BCUT2D eigenvalue weighted by Gasteiger charge is 2.37. The Hall–Kier alpha value is -2.09. The Morgan fingerprint density at radius 1 is 1.44 bits per heavy atom. The maximum Gasteiger partial charge on any atom is 0.339 e. The predicted octanol–water partition coefficient (Wildman–Crippen LogP) is 3.03. The molecule has 0 aromatic heterocycles. The number of methoxy groups -OCH3 is 1. The van der Waals surface area contributed by atoms with Crippen LogP contribution in [0.15, 0.2) is 17.2 Å². The molecule has 0 unspecified atom stereocenters. The van der Waals surface area contributed by atoms with E-state index >= 15 is 0 Å². The van der Waals surface area contributed by atoms with Crippen LogP contribution in [0.3, 0.4) is 0 Å². The lowest BCUT2D eigenvalue weighted by molar-refractivity contribution is 0.391. The number of phenolic OH excluding ortho intramolecular Hbond substituents is 1. The molecule has 1 aromatic carbocycles. The van der Waals surface area contributed by atoms with Crippen LogP contribution in [-0.2, 0) is 5.41 Å². The van der Waals surface area contributed by atoms with Gasteiger partial charge in [0, 0.05) is 5.56 Å². The number of nitrogens with zero attached hydrogens (tertiary/aromatic N) is 3. The van der Waals surface area contributed by atoms with E-state index in [2.05, 4.69) is 24.0 Å². The Kier molecular flexibility index (Phi) is 2.95. The van der Waals surface area contributed by atoms with Crippen molar-refractivity contribution in [3.8, 4) is 11.5 Å². The van der Waals surface area contributed by atoms with Gasteiger partial charge in [-0.3, -0.25) is 0 Å². The summed E-state index contributed by atoms with van der Waals surface area (Å²) in [7, 11) is 1.57. The fraction of sp³-hybridized carbons (Fsp3) is 0.462. The second-order valence-electron chi connectivity index (χ2n) is 5.06. The van der Waals surface area contributed by atoms with Gasteiger partial charge in [-0.15, -0.1) is 0 Å². The molecule has 5 heteroatoms. The molecule has 5 nitrogen and oxygen atoms in total. The van der Waals surface area contributed by atoms with E-state index in [1.807, 2.05) is 0 Å². The summed E-state index contributed by atoms with van der Waals surface area (Å²) in [5, 5.41) is 25.3. The van der Waals surface area contributed by atoms with Gasteiger partial charge >= 0.3 is 5.08 Å². The van der Waals surface area contributed by atoms with Crippen molar-refractivity contribution < 1.29 is 9.84 Å². The molecular weight excluding hydrogens is 230 g/mol. The summed E-state index contributed by atoms with van der Waals surface area (Å²) in [4.78, 5) is 0. The standard InChI is InChI=1S/C13H15N3O2/c1-13(2)7-6-8(15-16-14)11-10(18-3)5-4-9(17)12(11)13/h4-5H,6-7H2,1-3H3/p+1/b15-8+. The molecule has 0 atom stereocenters. The predicted molar refractivity (Wildman–Crippen MR) is 68.5 cm³/mol. The molecule has 0 saturated heterocycles. The molecule has 0 fully saturated rings. The number of rotatable bonds is 1. The highest BCUT2D eigenvalue weighted by Crippen LogP contribution is 2.45. The van der Waals surface area contributed by atoms with Crippen LogP contribution in [0, 0.1) is 5.39 Å². The van der Waals surface area contributed by atoms with Crippen molar-refractivity contribution in [2.75, 3.05) is 7.11 Å². The first-order valence-corrected chi connectivity index (χ1v) is 5.83. The first-order valence-electron chi connectivity index (χ1n) is 5.83. The molecule has 1 aliphatic carbocycles. The molecule has 0 radical (unpaired) electrons. The van der Waals surface area contributed by atoms with E-state index in [0.717, 1.165) is 17.5 Å². The zero-order valence-electron chi connectivity index (χ0n) is 10.8. The van der Waals surface area contributed by atoms with Crippen LogP contribution < -0.4 is 4.74 Å². The average Bonchev–Trinajstić information content (AvgIpc) is 2.33. The van der Waals surface area contributed by atoms with Gasteiger partial charge in [0.05, 0.1) is 12.7 Å². The van der Waals surface area contributed by atoms with Gasteiger partial charge in [0.2, 0.25) is 0 Å². The molecule has 1 N–H and O–H groups in total. The minimum absolute atomic E-state index is 0.164. The zero-order chi connectivity index (χ0) is 13.3. The molecule has 18 heavy (non-hydrogen) atoms. The summed E-state index contributed by atoms with van der Waals surface area (Å²) in [6.07, 6.45) is 1.51. The third-order valence-electron chi connectivity index (χ3n) is 3.48. The monoisotopic (exact) mass is 246 g/mol. The molecule has 0 aliphatic heterocycles. The Morgan fingerprint density at radius 3 is 2.78 bits per heavy atom. The summed E-state index contributed by atoms with van der Waals surface area (Å²) >= 11 is 0. The number of hydrogen-bond donors (Lipinski definition) is 1. The highest BCUT2D eigenvalue weighted by molar-refractivity contribution is 6.06. The van der Waals surface area contributed by atoms with Crippen molar-refractivity contribution in [3.05, 3.63) is 28.3 Å². The quantitative estimate of drug-likeness (QED) is 0.611. The van der Waals surface area contributed by atoms with Gasteiger partial charge in [-0.2, -0.15) is 0 Å². The summed E-state index contributed by atoms with van der Waals surface area (Å²) in [6, 6.07) is 3.32. The van der Waals surface area contributed by atoms with Crippen molar-refractivity contribution >= 4 is 5.71 Å². The first kappa shape index (κ1) is 12.4. The van der Waals surface area contributed by atoms with Crippen molar-refractivity contribution in [2.24, 2.45) is 5.10 Å². The van der Waals surface area contributed by atoms with Crippen LogP contribution in [0.2, 0.25) is 0 Å². The second kappa shape index (κ2) is 4.30. The average molecular weight is 246 g/mol. The molecule has 0 saturated carbocycles. The summed E-state index contributed by atoms with van der Waals surface area (Å²) in [5.41, 5.74) is 2.02. The van der Waals surface area contributed by atoms with Gasteiger partial charge in [0.25, 0.3) is 5.39 Å². The van der Waals surface area contributed by atoms with Crippen molar-refractivity contribution in [3.63, 3.8) is 0 Å². The second-order valence-corrected chi connectivity index (χ2v) is 5.06. The van der Waals surface area contributed by atoms with E-state index in [1.54, 1.807) is 19.2 Å². The number of ether oxygens (including phenoxy) is 1. The Bertz CT molecular complexity index is 556. The molecule has 0 bridgehead atoms. The lowest BCUT2D eigenvalue weighted by atomic mass is 9.71. The van der Waals surface area contributed by atoms with Crippen LogP contribution >= 0.6 is 0 Å².